The van der Waals surface area contributed by atoms with Crippen LogP contribution in [0.1, 0.15) is 56.4 Å². The van der Waals surface area contributed by atoms with E-state index in [0.717, 1.165) is 19.5 Å². The van der Waals surface area contributed by atoms with Crippen LogP contribution in [-0.2, 0) is 0 Å². The van der Waals surface area contributed by atoms with Gasteiger partial charge in [-0.1, -0.05) is 20.3 Å². The van der Waals surface area contributed by atoms with E-state index in [4.69, 9.17) is 0 Å². The van der Waals surface area contributed by atoms with Gasteiger partial charge >= 0.3 is 0 Å². The van der Waals surface area contributed by atoms with Gasteiger partial charge in [0, 0.05) is 13.1 Å². The summed E-state index contributed by atoms with van der Waals surface area (Å²) in [7, 11) is 0. The van der Waals surface area contributed by atoms with Gasteiger partial charge in [-0.3, -0.25) is 4.79 Å². The summed E-state index contributed by atoms with van der Waals surface area (Å²) in [5.74, 6) is 0.593. The van der Waals surface area contributed by atoms with E-state index in [1.807, 2.05) is 0 Å². The quantitative estimate of drug-likeness (QED) is 0.766. The number of amides is 1. The van der Waals surface area contributed by atoms with Gasteiger partial charge < -0.3 is 10.6 Å². The first-order valence-corrected chi connectivity index (χ1v) is 7.55. The van der Waals surface area contributed by atoms with Crippen molar-refractivity contribution in [3.8, 4) is 0 Å². The van der Waals surface area contributed by atoms with Crippen molar-refractivity contribution >= 4 is 11.7 Å². The molecule has 0 atom stereocenters. The van der Waals surface area contributed by atoms with Crippen molar-refractivity contribution in [3.63, 3.8) is 0 Å². The zero-order valence-electron chi connectivity index (χ0n) is 12.4. The number of carbonyl (C=O) groups excluding carboxylic acids is 1. The summed E-state index contributed by atoms with van der Waals surface area (Å²) < 4.78 is 0. The van der Waals surface area contributed by atoms with Crippen molar-refractivity contribution in [1.29, 1.82) is 0 Å². The zero-order valence-corrected chi connectivity index (χ0v) is 12.4. The van der Waals surface area contributed by atoms with Gasteiger partial charge in [0.2, 0.25) is 0 Å². The van der Waals surface area contributed by atoms with E-state index in [0.29, 0.717) is 16.9 Å². The van der Waals surface area contributed by atoms with E-state index in [1.165, 1.54) is 25.7 Å². The summed E-state index contributed by atoms with van der Waals surface area (Å²) in [6, 6.07) is 3.52. The fourth-order valence-electron chi connectivity index (χ4n) is 2.38. The Morgan fingerprint density at radius 1 is 1.25 bits per heavy atom. The fraction of sp³-hybridized carbons (Fsp3) is 0.667. The monoisotopic (exact) mass is 276 g/mol. The largest absolute Gasteiger partial charge is 0.369 e. The molecule has 0 radical (unpaired) electrons. The molecule has 1 aliphatic carbocycles. The number of hydrogen-bond donors (Lipinski definition) is 2. The first-order chi connectivity index (χ1) is 9.69. The Labute approximate surface area is 120 Å². The van der Waals surface area contributed by atoms with Crippen LogP contribution < -0.4 is 10.6 Å². The highest BCUT2D eigenvalue weighted by atomic mass is 16.1. The second-order valence-electron chi connectivity index (χ2n) is 5.66. The standard InChI is InChI=1S/C15H24N4O/c1-3-7-15(8-9-15)11-17-14(20)12-5-6-13(19-18-12)16-10-4-2/h5-6H,3-4,7-11H2,1-2H3,(H,16,19)(H,17,20). The van der Waals surface area contributed by atoms with Gasteiger partial charge in [-0.05, 0) is 43.2 Å². The summed E-state index contributed by atoms with van der Waals surface area (Å²) in [6.07, 6.45) is 5.86. The summed E-state index contributed by atoms with van der Waals surface area (Å²) in [4.78, 5) is 12.0. The molecular weight excluding hydrogens is 252 g/mol. The highest BCUT2D eigenvalue weighted by molar-refractivity contribution is 5.92. The lowest BCUT2D eigenvalue weighted by Gasteiger charge is -2.14. The van der Waals surface area contributed by atoms with E-state index in [2.05, 4.69) is 34.7 Å². The highest BCUT2D eigenvalue weighted by Crippen LogP contribution is 2.48. The third kappa shape index (κ3) is 3.92. The van der Waals surface area contributed by atoms with Crippen LogP contribution in [0.2, 0.25) is 0 Å². The molecule has 1 heterocycles. The third-order valence-corrected chi connectivity index (χ3v) is 3.81. The number of nitrogens with zero attached hydrogens (tertiary/aromatic N) is 2. The Morgan fingerprint density at radius 2 is 2.05 bits per heavy atom. The SMILES string of the molecule is CCCNc1ccc(C(=O)NCC2(CCC)CC2)nn1. The van der Waals surface area contributed by atoms with Gasteiger partial charge in [-0.25, -0.2) is 0 Å². The molecule has 1 aliphatic rings. The summed E-state index contributed by atoms with van der Waals surface area (Å²) >= 11 is 0. The van der Waals surface area contributed by atoms with Crippen molar-refractivity contribution in [2.75, 3.05) is 18.4 Å². The van der Waals surface area contributed by atoms with Crippen molar-refractivity contribution in [2.45, 2.75) is 46.0 Å². The van der Waals surface area contributed by atoms with E-state index in [-0.39, 0.29) is 5.91 Å². The van der Waals surface area contributed by atoms with Crippen LogP contribution in [0.25, 0.3) is 0 Å². The molecule has 1 saturated carbocycles. The van der Waals surface area contributed by atoms with E-state index in [9.17, 15) is 4.79 Å². The molecule has 110 valence electrons. The molecule has 0 spiro atoms. The van der Waals surface area contributed by atoms with Gasteiger partial charge in [0.15, 0.2) is 5.69 Å². The number of hydrogen-bond acceptors (Lipinski definition) is 4. The van der Waals surface area contributed by atoms with Crippen LogP contribution in [0.5, 0.6) is 0 Å². The van der Waals surface area contributed by atoms with Gasteiger partial charge in [0.25, 0.3) is 5.91 Å². The van der Waals surface area contributed by atoms with Crippen molar-refractivity contribution in [1.82, 2.24) is 15.5 Å². The van der Waals surface area contributed by atoms with Gasteiger partial charge in [0.1, 0.15) is 5.82 Å². The Hall–Kier alpha value is -1.65. The second kappa shape index (κ2) is 6.68. The number of aromatic nitrogens is 2. The van der Waals surface area contributed by atoms with Crippen LogP contribution in [0.4, 0.5) is 5.82 Å². The van der Waals surface area contributed by atoms with Crippen LogP contribution in [-0.4, -0.2) is 29.2 Å². The van der Waals surface area contributed by atoms with Crippen molar-refractivity contribution < 1.29 is 4.79 Å². The molecule has 0 bridgehead atoms. The predicted octanol–water partition coefficient (Wildman–Crippen LogP) is 2.61. The Bertz CT molecular complexity index is 440. The second-order valence-corrected chi connectivity index (χ2v) is 5.66. The topological polar surface area (TPSA) is 66.9 Å². The van der Waals surface area contributed by atoms with Gasteiger partial charge in [0.05, 0.1) is 0 Å². The summed E-state index contributed by atoms with van der Waals surface area (Å²) in [5, 5.41) is 14.1. The zero-order chi connectivity index (χ0) is 14.4. The molecule has 0 unspecified atom stereocenters. The molecule has 1 amide bonds. The van der Waals surface area contributed by atoms with Gasteiger partial charge in [-0.15, -0.1) is 10.2 Å². The average molecular weight is 276 g/mol. The minimum atomic E-state index is -0.123. The molecular formula is C15H24N4O. The lowest BCUT2D eigenvalue weighted by Crippen LogP contribution is -2.31. The van der Waals surface area contributed by atoms with Crippen molar-refractivity contribution in [3.05, 3.63) is 17.8 Å². The van der Waals surface area contributed by atoms with Crippen LogP contribution >= 0.6 is 0 Å². The smallest absolute Gasteiger partial charge is 0.271 e. The Balaban J connectivity index is 1.83. The minimum Gasteiger partial charge on any atom is -0.369 e. The van der Waals surface area contributed by atoms with E-state index in [1.54, 1.807) is 12.1 Å². The maximum Gasteiger partial charge on any atom is 0.271 e. The van der Waals surface area contributed by atoms with E-state index < -0.39 is 0 Å². The number of rotatable bonds is 8. The average Bonchev–Trinajstić information content (AvgIpc) is 3.24. The molecule has 1 aromatic heterocycles. The van der Waals surface area contributed by atoms with Crippen LogP contribution in [0.15, 0.2) is 12.1 Å². The Kier molecular flexibility index (Phi) is 4.93. The first-order valence-electron chi connectivity index (χ1n) is 7.55. The number of anilines is 1. The Morgan fingerprint density at radius 3 is 2.60 bits per heavy atom. The molecule has 5 nitrogen and oxygen atoms in total. The minimum absolute atomic E-state index is 0.123. The highest BCUT2D eigenvalue weighted by Gasteiger charge is 2.41. The molecule has 20 heavy (non-hydrogen) atoms. The lowest BCUT2D eigenvalue weighted by molar-refractivity contribution is 0.0937. The molecule has 5 heteroatoms. The summed E-state index contributed by atoms with van der Waals surface area (Å²) in [6.45, 7) is 5.90. The van der Waals surface area contributed by atoms with Crippen LogP contribution in [0, 0.1) is 5.41 Å². The lowest BCUT2D eigenvalue weighted by atomic mass is 10.0. The fourth-order valence-corrected chi connectivity index (χ4v) is 2.38. The van der Waals surface area contributed by atoms with Gasteiger partial charge in [-0.2, -0.15) is 0 Å². The molecule has 1 aromatic rings. The normalized spacial score (nSPS) is 15.7. The van der Waals surface area contributed by atoms with Crippen molar-refractivity contribution in [2.24, 2.45) is 5.41 Å². The summed E-state index contributed by atoms with van der Waals surface area (Å²) in [5.41, 5.74) is 0.750. The molecule has 2 rings (SSSR count). The molecule has 1 fully saturated rings. The van der Waals surface area contributed by atoms with E-state index >= 15 is 0 Å². The molecule has 0 aromatic carbocycles. The third-order valence-electron chi connectivity index (χ3n) is 3.81. The molecule has 2 N–H and O–H groups in total. The molecule has 0 aliphatic heterocycles. The predicted molar refractivity (Wildman–Crippen MR) is 79.7 cm³/mol. The maximum absolute atomic E-state index is 12.0. The maximum atomic E-state index is 12.0. The van der Waals surface area contributed by atoms with Crippen LogP contribution in [0.3, 0.4) is 0 Å². The molecule has 0 saturated heterocycles. The number of carbonyl (C=O) groups is 1. The first kappa shape index (κ1) is 14.8. The number of nitrogens with one attached hydrogen (secondary N) is 2.